The molecule has 0 aliphatic heterocycles. The van der Waals surface area contributed by atoms with Crippen molar-refractivity contribution in [1.82, 2.24) is 4.98 Å². The van der Waals surface area contributed by atoms with E-state index in [0.29, 0.717) is 5.67 Å². The highest BCUT2D eigenvalue weighted by Crippen LogP contribution is 2.27. The van der Waals surface area contributed by atoms with Crippen molar-refractivity contribution in [3.8, 4) is 0 Å². The van der Waals surface area contributed by atoms with Gasteiger partial charge in [-0.15, -0.1) is 0 Å². The highest BCUT2D eigenvalue weighted by molar-refractivity contribution is 6.75. The van der Waals surface area contributed by atoms with Crippen LogP contribution in [0.25, 0.3) is 0 Å². The summed E-state index contributed by atoms with van der Waals surface area (Å²) < 4.78 is 0. The third-order valence-corrected chi connectivity index (χ3v) is 8.35. The van der Waals surface area contributed by atoms with Crippen LogP contribution >= 0.6 is 0 Å². The van der Waals surface area contributed by atoms with Gasteiger partial charge in [-0.3, -0.25) is 0 Å². The minimum Gasteiger partial charge on any atom is -0.334 e. The standard InChI is InChI=1S/C21H35NSi2/c1-5-6-7-9-13-18-14-12-17-20(18)21(22-24(2,3)4)23-19-15-10-8-11-16-19/h8,10-12,14-16,21-22H,5-7,9,13,17,23H2,1-4H3. The number of allylic oxidation sites excluding steroid dienone is 3. The van der Waals surface area contributed by atoms with Gasteiger partial charge in [-0.1, -0.05) is 99.1 Å². The average Bonchev–Trinajstić information content (AvgIpc) is 2.99. The third-order valence-electron chi connectivity index (χ3n) is 4.68. The lowest BCUT2D eigenvalue weighted by atomic mass is 10.0. The molecular weight excluding hydrogens is 322 g/mol. The summed E-state index contributed by atoms with van der Waals surface area (Å²) >= 11 is 0. The Bertz CT molecular complexity index is 555. The molecule has 0 saturated heterocycles. The Morgan fingerprint density at radius 1 is 1.08 bits per heavy atom. The van der Waals surface area contributed by atoms with E-state index in [2.05, 4.69) is 74.0 Å². The summed E-state index contributed by atoms with van der Waals surface area (Å²) in [6.07, 6.45) is 12.7. The van der Waals surface area contributed by atoms with Gasteiger partial charge in [-0.05, 0) is 24.8 Å². The minimum absolute atomic E-state index is 0.346. The summed E-state index contributed by atoms with van der Waals surface area (Å²) in [7, 11) is -1.64. The van der Waals surface area contributed by atoms with E-state index in [4.69, 9.17) is 0 Å². The Labute approximate surface area is 152 Å². The zero-order valence-corrected chi connectivity index (χ0v) is 18.5. The summed E-state index contributed by atoms with van der Waals surface area (Å²) in [4.78, 5) is 4.08. The molecule has 0 amide bonds. The van der Waals surface area contributed by atoms with Crippen molar-refractivity contribution in [2.45, 2.75) is 70.8 Å². The molecule has 0 heterocycles. The van der Waals surface area contributed by atoms with Crippen molar-refractivity contribution < 1.29 is 0 Å². The van der Waals surface area contributed by atoms with Crippen molar-refractivity contribution in [3.63, 3.8) is 0 Å². The first-order chi connectivity index (χ1) is 11.5. The van der Waals surface area contributed by atoms with Crippen LogP contribution in [0.5, 0.6) is 0 Å². The van der Waals surface area contributed by atoms with Crippen LogP contribution in [0.15, 0.2) is 53.6 Å². The van der Waals surface area contributed by atoms with Crippen LogP contribution in [0.2, 0.25) is 19.6 Å². The van der Waals surface area contributed by atoms with Crippen molar-refractivity contribution in [2.75, 3.05) is 0 Å². The SMILES string of the molecule is CCCCCCC1=C(C(N[Si](C)(C)C)[SiH2]c2ccccc2)CC=C1. The first kappa shape index (κ1) is 19.4. The van der Waals surface area contributed by atoms with E-state index in [1.807, 2.05) is 0 Å². The second-order valence-electron chi connectivity index (χ2n) is 8.10. The molecule has 0 bridgehead atoms. The van der Waals surface area contributed by atoms with Crippen LogP contribution in [-0.4, -0.2) is 23.4 Å². The van der Waals surface area contributed by atoms with Crippen LogP contribution in [0.4, 0.5) is 0 Å². The molecule has 1 N–H and O–H groups in total. The number of rotatable bonds is 10. The van der Waals surface area contributed by atoms with Crippen LogP contribution in [0.1, 0.15) is 45.4 Å². The Morgan fingerprint density at radius 3 is 2.50 bits per heavy atom. The zero-order chi connectivity index (χ0) is 17.4. The van der Waals surface area contributed by atoms with Gasteiger partial charge in [-0.25, -0.2) is 0 Å². The molecule has 1 aromatic rings. The fourth-order valence-corrected chi connectivity index (χ4v) is 8.71. The van der Waals surface area contributed by atoms with E-state index >= 15 is 0 Å². The maximum absolute atomic E-state index is 4.08. The Hall–Kier alpha value is -0.906. The first-order valence-corrected chi connectivity index (χ1v) is 14.7. The maximum atomic E-state index is 4.08. The van der Waals surface area contributed by atoms with Gasteiger partial charge in [0.15, 0.2) is 0 Å². The van der Waals surface area contributed by atoms with Crippen molar-refractivity contribution in [2.24, 2.45) is 0 Å². The number of hydrogen-bond donors (Lipinski definition) is 1. The Morgan fingerprint density at radius 2 is 1.83 bits per heavy atom. The van der Waals surface area contributed by atoms with Crippen LogP contribution in [0, 0.1) is 0 Å². The molecule has 1 aliphatic rings. The molecule has 0 radical (unpaired) electrons. The fourth-order valence-electron chi connectivity index (χ4n) is 3.55. The third kappa shape index (κ3) is 6.54. The molecule has 3 heteroatoms. The average molecular weight is 358 g/mol. The lowest BCUT2D eigenvalue weighted by molar-refractivity contribution is 0.665. The fraction of sp³-hybridized carbons (Fsp3) is 0.524. The number of unbranched alkanes of at least 4 members (excludes halogenated alkanes) is 3. The maximum Gasteiger partial charge on any atom is 0.116 e. The molecule has 1 nitrogen and oxygen atoms in total. The van der Waals surface area contributed by atoms with Crippen LogP contribution in [-0.2, 0) is 0 Å². The van der Waals surface area contributed by atoms with Gasteiger partial charge in [-0.2, -0.15) is 0 Å². The predicted molar refractivity (Wildman–Crippen MR) is 114 cm³/mol. The smallest absolute Gasteiger partial charge is 0.116 e. The van der Waals surface area contributed by atoms with Crippen molar-refractivity contribution >= 4 is 22.9 Å². The van der Waals surface area contributed by atoms with Gasteiger partial charge in [0.2, 0.25) is 0 Å². The zero-order valence-electron chi connectivity index (χ0n) is 16.1. The summed E-state index contributed by atoms with van der Waals surface area (Å²) in [6.45, 7) is 9.59. The monoisotopic (exact) mass is 357 g/mol. The molecule has 24 heavy (non-hydrogen) atoms. The highest BCUT2D eigenvalue weighted by atomic mass is 28.3. The highest BCUT2D eigenvalue weighted by Gasteiger charge is 2.25. The van der Waals surface area contributed by atoms with Crippen molar-refractivity contribution in [3.05, 3.63) is 53.6 Å². The summed E-state index contributed by atoms with van der Waals surface area (Å²) in [5.41, 5.74) is 3.99. The lowest BCUT2D eigenvalue weighted by Crippen LogP contribution is -2.53. The molecule has 0 saturated carbocycles. The molecule has 132 valence electrons. The Balaban J connectivity index is 2.12. The van der Waals surface area contributed by atoms with E-state index in [1.165, 1.54) is 38.5 Å². The van der Waals surface area contributed by atoms with Gasteiger partial charge in [0.25, 0.3) is 0 Å². The predicted octanol–water partition coefficient (Wildman–Crippen LogP) is 4.46. The molecule has 2 rings (SSSR count). The van der Waals surface area contributed by atoms with E-state index in [0.717, 1.165) is 0 Å². The second kappa shape index (κ2) is 9.54. The van der Waals surface area contributed by atoms with Gasteiger partial charge in [0.05, 0.1) is 9.52 Å². The molecule has 0 spiro atoms. The summed E-state index contributed by atoms with van der Waals surface area (Å²) in [6, 6.07) is 11.2. The van der Waals surface area contributed by atoms with Crippen LogP contribution < -0.4 is 10.2 Å². The normalized spacial score (nSPS) is 16.5. The number of benzene rings is 1. The minimum atomic E-state index is -1.29. The van der Waals surface area contributed by atoms with Crippen molar-refractivity contribution in [1.29, 1.82) is 0 Å². The molecule has 1 aromatic carbocycles. The quantitative estimate of drug-likeness (QED) is 0.481. The summed E-state index contributed by atoms with van der Waals surface area (Å²) in [5.74, 6) is 0. The molecule has 0 fully saturated rings. The number of nitrogens with one attached hydrogen (secondary N) is 1. The van der Waals surface area contributed by atoms with Gasteiger partial charge in [0, 0.05) is 5.67 Å². The lowest BCUT2D eigenvalue weighted by Gasteiger charge is -2.29. The topological polar surface area (TPSA) is 12.0 Å². The van der Waals surface area contributed by atoms with E-state index < -0.39 is 8.24 Å². The van der Waals surface area contributed by atoms with E-state index in [1.54, 1.807) is 16.3 Å². The van der Waals surface area contributed by atoms with Gasteiger partial charge >= 0.3 is 0 Å². The van der Waals surface area contributed by atoms with E-state index in [9.17, 15) is 0 Å². The number of hydrogen-bond acceptors (Lipinski definition) is 1. The Kier molecular flexibility index (Phi) is 7.72. The molecular formula is C21H35NSi2. The molecule has 1 unspecified atom stereocenters. The molecule has 0 aromatic heterocycles. The van der Waals surface area contributed by atoms with E-state index in [-0.39, 0.29) is 9.52 Å². The molecule has 1 aliphatic carbocycles. The van der Waals surface area contributed by atoms with Gasteiger partial charge in [0.1, 0.15) is 8.24 Å². The largest absolute Gasteiger partial charge is 0.334 e. The first-order valence-electron chi connectivity index (χ1n) is 9.69. The second-order valence-corrected chi connectivity index (χ2v) is 14.9. The summed E-state index contributed by atoms with van der Waals surface area (Å²) in [5, 5.41) is 1.58. The molecule has 1 atom stereocenters. The van der Waals surface area contributed by atoms with Gasteiger partial charge < -0.3 is 4.98 Å². The van der Waals surface area contributed by atoms with Crippen LogP contribution in [0.3, 0.4) is 0 Å².